The Morgan fingerprint density at radius 3 is 2.81 bits per heavy atom. The van der Waals surface area contributed by atoms with Crippen LogP contribution in [0.2, 0.25) is 0 Å². The summed E-state index contributed by atoms with van der Waals surface area (Å²) in [6.07, 6.45) is 4.86. The van der Waals surface area contributed by atoms with Crippen molar-refractivity contribution in [1.82, 2.24) is 4.98 Å². The van der Waals surface area contributed by atoms with E-state index in [0.29, 0.717) is 23.9 Å². The van der Waals surface area contributed by atoms with Gasteiger partial charge < -0.3 is 10.1 Å². The summed E-state index contributed by atoms with van der Waals surface area (Å²) >= 11 is 0. The summed E-state index contributed by atoms with van der Waals surface area (Å²) in [6, 6.07) is 15.8. The first-order valence-corrected chi connectivity index (χ1v) is 11.2. The van der Waals surface area contributed by atoms with E-state index in [-0.39, 0.29) is 12.5 Å². The Balaban J connectivity index is 1.66. The lowest BCUT2D eigenvalue weighted by Gasteiger charge is -2.48. The van der Waals surface area contributed by atoms with E-state index in [2.05, 4.69) is 18.5 Å². The van der Waals surface area contributed by atoms with E-state index in [9.17, 15) is 9.18 Å². The van der Waals surface area contributed by atoms with Gasteiger partial charge in [0.1, 0.15) is 11.9 Å². The lowest BCUT2D eigenvalue weighted by Crippen LogP contribution is -2.34. The van der Waals surface area contributed by atoms with E-state index in [4.69, 9.17) is 10.1 Å². The molecule has 2 aromatic carbocycles. The maximum atomic E-state index is 14.1. The van der Waals surface area contributed by atoms with Crippen molar-refractivity contribution in [2.24, 2.45) is 11.8 Å². The number of carbonyl (C=O) groups is 1. The minimum atomic E-state index is -0.554. The Hall–Kier alpha value is -3.05. The average molecular weight is 432 g/mol. The topological polar surface area (TPSA) is 53.3 Å². The van der Waals surface area contributed by atoms with Crippen LogP contribution >= 0.6 is 0 Å². The normalized spacial score (nSPS) is 21.8. The van der Waals surface area contributed by atoms with Gasteiger partial charge >= 0.3 is 5.97 Å². The number of esters is 1. The maximum Gasteiger partial charge on any atom is 0.310 e. The molecule has 3 aromatic rings. The highest BCUT2D eigenvalue weighted by molar-refractivity contribution is 5.83. The van der Waals surface area contributed by atoms with E-state index in [1.54, 1.807) is 24.4 Å². The van der Waals surface area contributed by atoms with Gasteiger partial charge in [0, 0.05) is 17.1 Å². The number of rotatable bonds is 7. The summed E-state index contributed by atoms with van der Waals surface area (Å²) in [7, 11) is 0. The van der Waals surface area contributed by atoms with E-state index >= 15 is 0 Å². The summed E-state index contributed by atoms with van der Waals surface area (Å²) in [5, 5.41) is 5.84. The van der Waals surface area contributed by atoms with Crippen LogP contribution < -0.4 is 0 Å². The molecule has 0 bridgehead atoms. The number of halogens is 1. The van der Waals surface area contributed by atoms with E-state index in [0.717, 1.165) is 29.3 Å². The zero-order chi connectivity index (χ0) is 22.5. The molecule has 5 heteroatoms. The van der Waals surface area contributed by atoms with E-state index in [1.807, 2.05) is 36.4 Å². The second-order valence-corrected chi connectivity index (χ2v) is 8.33. The lowest BCUT2D eigenvalue weighted by molar-refractivity contribution is -0.149. The fourth-order valence-corrected chi connectivity index (χ4v) is 4.62. The third kappa shape index (κ3) is 4.73. The molecule has 1 aliphatic heterocycles. The molecule has 1 fully saturated rings. The number of piperidine rings is 1. The molecule has 4 rings (SSSR count). The van der Waals surface area contributed by atoms with Crippen LogP contribution in [0.5, 0.6) is 0 Å². The first-order valence-electron chi connectivity index (χ1n) is 11.2. The molecule has 4 nitrogen and oxygen atoms in total. The van der Waals surface area contributed by atoms with Crippen LogP contribution in [0, 0.1) is 17.7 Å². The number of pyridine rings is 1. The van der Waals surface area contributed by atoms with Crippen molar-refractivity contribution >= 4 is 16.9 Å². The van der Waals surface area contributed by atoms with Gasteiger partial charge in [-0.25, -0.2) is 4.39 Å². The maximum absolute atomic E-state index is 14.1. The molecule has 32 heavy (non-hydrogen) atoms. The summed E-state index contributed by atoms with van der Waals surface area (Å²) < 4.78 is 20.2. The van der Waals surface area contributed by atoms with Gasteiger partial charge in [-0.2, -0.15) is 0 Å². The number of ether oxygens (including phenoxy) is 1. The Bertz CT molecular complexity index is 1090. The van der Waals surface area contributed by atoms with Gasteiger partial charge in [0.05, 0.1) is 11.9 Å². The van der Waals surface area contributed by atoms with E-state index < -0.39 is 17.9 Å². The fourth-order valence-electron chi connectivity index (χ4n) is 4.62. The third-order valence-electron chi connectivity index (χ3n) is 6.42. The molecule has 1 aliphatic rings. The van der Waals surface area contributed by atoms with Gasteiger partial charge in [-0.05, 0) is 35.6 Å². The van der Waals surface area contributed by atoms with Gasteiger partial charge in [-0.15, -0.1) is 13.1 Å². The molecule has 2 heterocycles. The Kier molecular flexibility index (Phi) is 6.96. The summed E-state index contributed by atoms with van der Waals surface area (Å²) in [6.45, 7) is 6.80. The zero-order valence-electron chi connectivity index (χ0n) is 18.3. The molecule has 0 spiro atoms. The summed E-state index contributed by atoms with van der Waals surface area (Å²) in [4.78, 5) is 17.4. The second-order valence-electron chi connectivity index (χ2n) is 8.33. The van der Waals surface area contributed by atoms with Crippen LogP contribution in [-0.2, 0) is 16.0 Å². The monoisotopic (exact) mass is 431 g/mol. The van der Waals surface area contributed by atoms with Crippen molar-refractivity contribution in [2.45, 2.75) is 38.3 Å². The highest BCUT2D eigenvalue weighted by Gasteiger charge is 2.29. The molecule has 4 atom stereocenters. The van der Waals surface area contributed by atoms with Crippen LogP contribution in [0.15, 0.2) is 73.4 Å². The van der Waals surface area contributed by atoms with Crippen molar-refractivity contribution in [1.29, 1.82) is 0 Å². The number of aromatic nitrogens is 1. The molecule has 0 amide bonds. The van der Waals surface area contributed by atoms with Crippen LogP contribution in [0.25, 0.3) is 16.2 Å². The van der Waals surface area contributed by atoms with Crippen molar-refractivity contribution in [2.75, 3.05) is 6.54 Å². The predicted octanol–water partition coefficient (Wildman–Crippen LogP) is 6.18. The molecule has 0 radical (unpaired) electrons. The number of nitrogens with zero attached hydrogens (tertiary/aromatic N) is 2. The van der Waals surface area contributed by atoms with Crippen molar-refractivity contribution in [3.8, 4) is 0 Å². The smallest absolute Gasteiger partial charge is 0.310 e. The number of carbonyl (C=O) groups excluding carboxylic acids is 1. The fraction of sp³-hybridized carbons (Fsp3) is 0.333. The predicted molar refractivity (Wildman–Crippen MR) is 125 cm³/mol. The third-order valence-corrected chi connectivity index (χ3v) is 6.42. The van der Waals surface area contributed by atoms with Crippen LogP contribution in [-0.4, -0.2) is 23.5 Å². The number of benzene rings is 2. The highest BCUT2D eigenvalue weighted by atomic mass is 19.1. The molecule has 1 saturated heterocycles. The van der Waals surface area contributed by atoms with E-state index in [1.165, 1.54) is 6.07 Å². The van der Waals surface area contributed by atoms with Gasteiger partial charge in [0.25, 0.3) is 0 Å². The minimum Gasteiger partial charge on any atom is -0.656 e. The quantitative estimate of drug-likeness (QED) is 0.332. The second kappa shape index (κ2) is 10.0. The highest BCUT2D eigenvalue weighted by Crippen LogP contribution is 2.40. The van der Waals surface area contributed by atoms with Gasteiger partial charge in [-0.1, -0.05) is 68.3 Å². The molecule has 0 aliphatic carbocycles. The Labute approximate surface area is 188 Å². The van der Waals surface area contributed by atoms with Crippen LogP contribution in [0.3, 0.4) is 0 Å². The molecule has 0 unspecified atom stereocenters. The Morgan fingerprint density at radius 2 is 2.03 bits per heavy atom. The number of hydrogen-bond acceptors (Lipinski definition) is 3. The number of hydrogen-bond donors (Lipinski definition) is 0. The zero-order valence-corrected chi connectivity index (χ0v) is 18.3. The molecule has 166 valence electrons. The summed E-state index contributed by atoms with van der Waals surface area (Å²) in [5.74, 6) is -0.108. The van der Waals surface area contributed by atoms with Gasteiger partial charge in [-0.3, -0.25) is 9.78 Å². The van der Waals surface area contributed by atoms with Crippen molar-refractivity contribution in [3.63, 3.8) is 0 Å². The van der Waals surface area contributed by atoms with Crippen LogP contribution in [0.1, 0.15) is 37.0 Å². The minimum absolute atomic E-state index is 0.120. The standard InChI is InChI=1S/C27H28FN2O2/c1-3-18-15-25(30-17-19(18)4-2)27(22-13-14-29-24-12-8-6-10-21(22)24)32-26(31)16-20-9-5-7-11-23(20)28/h4-14,18-19,25,27H,2-3,15-17H2,1H3/q-1/t18-,19-,25-,27+/m0/s1. The largest absolute Gasteiger partial charge is 0.656 e. The molecule has 0 saturated carbocycles. The number of para-hydroxylation sites is 1. The van der Waals surface area contributed by atoms with Gasteiger partial charge in [0.2, 0.25) is 0 Å². The molecular formula is C27H28FN2O2-. The first-order chi connectivity index (χ1) is 15.6. The average Bonchev–Trinajstić information content (AvgIpc) is 2.83. The van der Waals surface area contributed by atoms with Crippen LogP contribution in [0.4, 0.5) is 4.39 Å². The number of fused-ring (bicyclic) bond motifs is 1. The van der Waals surface area contributed by atoms with Gasteiger partial charge in [0.15, 0.2) is 0 Å². The molecule has 0 N–H and O–H groups in total. The molecule has 1 aromatic heterocycles. The first kappa shape index (κ1) is 22.2. The van der Waals surface area contributed by atoms with Crippen molar-refractivity contribution in [3.05, 3.63) is 95.7 Å². The Morgan fingerprint density at radius 1 is 1.25 bits per heavy atom. The summed E-state index contributed by atoms with van der Waals surface area (Å²) in [5.41, 5.74) is 2.06. The SMILES string of the molecule is C=C[C@H]1C[N-][C@H]([C@H](OC(=O)Cc2ccccc2F)c2ccnc3ccccc23)C[C@@H]1CC. The lowest BCUT2D eigenvalue weighted by atomic mass is 9.79. The molecular weight excluding hydrogens is 403 g/mol. The van der Waals surface area contributed by atoms with Crippen molar-refractivity contribution < 1.29 is 13.9 Å².